The fourth-order valence-corrected chi connectivity index (χ4v) is 5.72. The van der Waals surface area contributed by atoms with Crippen molar-refractivity contribution in [2.45, 2.75) is 19.4 Å². The van der Waals surface area contributed by atoms with Crippen molar-refractivity contribution in [1.29, 1.82) is 0 Å². The number of hydrogen-bond acceptors (Lipinski definition) is 4. The maximum atomic E-state index is 13.3. The number of aryl methyl sites for hydroxylation is 2. The fourth-order valence-electron chi connectivity index (χ4n) is 4.45. The Kier molecular flexibility index (Phi) is 5.32. The average Bonchev–Trinajstić information content (AvgIpc) is 3.24. The Morgan fingerprint density at radius 3 is 2.63 bits per heavy atom. The normalized spacial score (nSPS) is 15.4. The smallest absolute Gasteiger partial charge is 0.263 e. The van der Waals surface area contributed by atoms with Crippen LogP contribution in [0.4, 0.5) is 5.69 Å². The van der Waals surface area contributed by atoms with Gasteiger partial charge in [0.15, 0.2) is 0 Å². The van der Waals surface area contributed by atoms with Crippen molar-refractivity contribution in [2.24, 2.45) is 0 Å². The molecule has 5 rings (SSSR count). The summed E-state index contributed by atoms with van der Waals surface area (Å²) in [6.45, 7) is 3.90. The standard InChI is InChI=1S/C25H26N2O2S/c1-26(17-20-7-3-5-9-22(20)27-12-14-29-15-13-27)25(28)23-16-19-11-10-18-6-2-4-8-21(18)24(19)30-23/h2-9,16H,10-15,17H2,1H3. The Balaban J connectivity index is 1.37. The van der Waals surface area contributed by atoms with Crippen LogP contribution in [0.5, 0.6) is 0 Å². The van der Waals surface area contributed by atoms with E-state index >= 15 is 0 Å². The van der Waals surface area contributed by atoms with Crippen LogP contribution in [0.2, 0.25) is 0 Å². The molecule has 0 unspecified atom stereocenters. The molecule has 1 amide bonds. The summed E-state index contributed by atoms with van der Waals surface area (Å²) in [6, 6.07) is 19.1. The number of carbonyl (C=O) groups is 1. The van der Waals surface area contributed by atoms with E-state index in [0.717, 1.165) is 44.0 Å². The first kappa shape index (κ1) is 19.3. The zero-order valence-corrected chi connectivity index (χ0v) is 18.1. The summed E-state index contributed by atoms with van der Waals surface area (Å²) in [4.78, 5) is 19.6. The van der Waals surface area contributed by atoms with Gasteiger partial charge < -0.3 is 14.5 Å². The molecule has 1 aliphatic heterocycles. The number of thiophene rings is 1. The molecule has 0 spiro atoms. The molecule has 30 heavy (non-hydrogen) atoms. The minimum atomic E-state index is 0.101. The molecule has 0 radical (unpaired) electrons. The van der Waals surface area contributed by atoms with Crippen LogP contribution in [0.15, 0.2) is 54.6 Å². The van der Waals surface area contributed by atoms with E-state index in [1.165, 1.54) is 32.8 Å². The molecule has 2 aliphatic rings. The monoisotopic (exact) mass is 418 g/mol. The van der Waals surface area contributed by atoms with Gasteiger partial charge in [0.1, 0.15) is 0 Å². The molecule has 1 saturated heterocycles. The first-order valence-electron chi connectivity index (χ1n) is 10.6. The number of fused-ring (bicyclic) bond motifs is 3. The highest BCUT2D eigenvalue weighted by atomic mass is 32.1. The SMILES string of the molecule is CN(Cc1ccccc1N1CCOCC1)C(=O)c1cc2c(s1)-c1ccccc1CC2. The maximum absolute atomic E-state index is 13.3. The van der Waals surface area contributed by atoms with Crippen molar-refractivity contribution in [3.63, 3.8) is 0 Å². The summed E-state index contributed by atoms with van der Waals surface area (Å²) in [5.41, 5.74) is 6.38. The molecule has 0 saturated carbocycles. The van der Waals surface area contributed by atoms with Crippen LogP contribution in [0, 0.1) is 0 Å². The predicted octanol–water partition coefficient (Wildman–Crippen LogP) is 4.62. The third-order valence-corrected chi connectivity index (χ3v) is 7.24. The van der Waals surface area contributed by atoms with Crippen molar-refractivity contribution >= 4 is 22.9 Å². The Morgan fingerprint density at radius 1 is 1.03 bits per heavy atom. The molecular formula is C25H26N2O2S. The molecule has 3 aromatic rings. The molecule has 154 valence electrons. The van der Waals surface area contributed by atoms with Crippen molar-refractivity contribution in [1.82, 2.24) is 4.90 Å². The lowest BCUT2D eigenvalue weighted by atomic mass is 9.91. The number of nitrogens with zero attached hydrogens (tertiary/aromatic N) is 2. The largest absolute Gasteiger partial charge is 0.378 e. The van der Waals surface area contributed by atoms with Crippen molar-refractivity contribution in [2.75, 3.05) is 38.3 Å². The Bertz CT molecular complexity index is 1070. The summed E-state index contributed by atoms with van der Waals surface area (Å²) in [5, 5.41) is 0. The highest BCUT2D eigenvalue weighted by Crippen LogP contribution is 2.39. The summed E-state index contributed by atoms with van der Waals surface area (Å²) in [7, 11) is 1.91. The molecule has 0 bridgehead atoms. The van der Waals surface area contributed by atoms with Gasteiger partial charge in [-0.15, -0.1) is 11.3 Å². The van der Waals surface area contributed by atoms with Crippen LogP contribution in [-0.4, -0.2) is 44.2 Å². The molecule has 1 aromatic heterocycles. The summed E-state index contributed by atoms with van der Waals surface area (Å²) < 4.78 is 5.50. The van der Waals surface area contributed by atoms with E-state index in [2.05, 4.69) is 59.5 Å². The van der Waals surface area contributed by atoms with Gasteiger partial charge in [-0.3, -0.25) is 4.79 Å². The summed E-state index contributed by atoms with van der Waals surface area (Å²) in [5.74, 6) is 0.101. The highest BCUT2D eigenvalue weighted by molar-refractivity contribution is 7.17. The van der Waals surface area contributed by atoms with Crippen LogP contribution in [-0.2, 0) is 24.1 Å². The molecule has 5 heteroatoms. The predicted molar refractivity (Wildman–Crippen MR) is 122 cm³/mol. The van der Waals surface area contributed by atoms with E-state index in [4.69, 9.17) is 4.74 Å². The third kappa shape index (κ3) is 3.64. The molecule has 2 aromatic carbocycles. The number of ether oxygens (including phenoxy) is 1. The number of benzene rings is 2. The second-order valence-electron chi connectivity index (χ2n) is 8.01. The second-order valence-corrected chi connectivity index (χ2v) is 9.06. The minimum absolute atomic E-state index is 0.101. The topological polar surface area (TPSA) is 32.8 Å². The first-order valence-corrected chi connectivity index (χ1v) is 11.4. The lowest BCUT2D eigenvalue weighted by Crippen LogP contribution is -2.37. The molecule has 0 atom stereocenters. The van der Waals surface area contributed by atoms with E-state index < -0.39 is 0 Å². The van der Waals surface area contributed by atoms with Gasteiger partial charge in [-0.2, -0.15) is 0 Å². The second kappa shape index (κ2) is 8.25. The van der Waals surface area contributed by atoms with E-state index in [9.17, 15) is 4.79 Å². The molecule has 0 N–H and O–H groups in total. The maximum Gasteiger partial charge on any atom is 0.263 e. The van der Waals surface area contributed by atoms with E-state index in [0.29, 0.717) is 6.54 Å². The first-order chi connectivity index (χ1) is 14.7. The average molecular weight is 419 g/mol. The van der Waals surface area contributed by atoms with Crippen LogP contribution < -0.4 is 4.90 Å². The van der Waals surface area contributed by atoms with Gasteiger partial charge in [0.05, 0.1) is 18.1 Å². The van der Waals surface area contributed by atoms with Gasteiger partial charge in [-0.25, -0.2) is 0 Å². The molecule has 4 nitrogen and oxygen atoms in total. The van der Waals surface area contributed by atoms with E-state index in [1.54, 1.807) is 11.3 Å². The zero-order chi connectivity index (χ0) is 20.5. The molecule has 1 aliphatic carbocycles. The zero-order valence-electron chi connectivity index (χ0n) is 17.3. The van der Waals surface area contributed by atoms with Crippen molar-refractivity contribution < 1.29 is 9.53 Å². The van der Waals surface area contributed by atoms with Crippen LogP contribution in [0.3, 0.4) is 0 Å². The summed E-state index contributed by atoms with van der Waals surface area (Å²) in [6.07, 6.45) is 2.07. The van der Waals surface area contributed by atoms with Gasteiger partial charge >= 0.3 is 0 Å². The Morgan fingerprint density at radius 2 is 1.77 bits per heavy atom. The quantitative estimate of drug-likeness (QED) is 0.620. The molecule has 1 fully saturated rings. The molecule has 2 heterocycles. The lowest BCUT2D eigenvalue weighted by Gasteiger charge is -2.31. The van der Waals surface area contributed by atoms with Crippen molar-refractivity contribution in [3.05, 3.63) is 76.2 Å². The van der Waals surface area contributed by atoms with Gasteiger partial charge in [0, 0.05) is 37.2 Å². The Hall–Kier alpha value is -2.63. The van der Waals surface area contributed by atoms with Crippen LogP contribution >= 0.6 is 11.3 Å². The number of amides is 1. The van der Waals surface area contributed by atoms with E-state index in [-0.39, 0.29) is 5.91 Å². The number of morpholine rings is 1. The van der Waals surface area contributed by atoms with Gasteiger partial charge in [-0.05, 0) is 47.2 Å². The molecular weight excluding hydrogens is 392 g/mol. The lowest BCUT2D eigenvalue weighted by molar-refractivity contribution is 0.0789. The number of rotatable bonds is 4. The Labute approximate surface area is 181 Å². The summed E-state index contributed by atoms with van der Waals surface area (Å²) >= 11 is 1.64. The van der Waals surface area contributed by atoms with Gasteiger partial charge in [0.25, 0.3) is 5.91 Å². The minimum Gasteiger partial charge on any atom is -0.378 e. The van der Waals surface area contributed by atoms with Gasteiger partial charge in [0.2, 0.25) is 0 Å². The number of carbonyl (C=O) groups excluding carboxylic acids is 1. The van der Waals surface area contributed by atoms with Crippen LogP contribution in [0.1, 0.15) is 26.4 Å². The van der Waals surface area contributed by atoms with E-state index in [1.807, 2.05) is 11.9 Å². The van der Waals surface area contributed by atoms with Gasteiger partial charge in [-0.1, -0.05) is 42.5 Å². The fraction of sp³-hybridized carbons (Fsp3) is 0.320. The highest BCUT2D eigenvalue weighted by Gasteiger charge is 2.24. The van der Waals surface area contributed by atoms with Crippen molar-refractivity contribution in [3.8, 4) is 10.4 Å². The number of anilines is 1. The number of hydrogen-bond donors (Lipinski definition) is 0. The number of para-hydroxylation sites is 1. The third-order valence-electron chi connectivity index (χ3n) is 6.04. The van der Waals surface area contributed by atoms with Crippen LogP contribution in [0.25, 0.3) is 10.4 Å².